The van der Waals surface area contributed by atoms with Crippen molar-refractivity contribution in [2.75, 3.05) is 5.73 Å². The number of aromatic nitrogens is 2. The van der Waals surface area contributed by atoms with Crippen molar-refractivity contribution in [2.45, 2.75) is 31.8 Å². The third-order valence-electron chi connectivity index (χ3n) is 4.77. The maximum atomic E-state index is 12.6. The molecule has 0 fully saturated rings. The molecule has 7 nitrogen and oxygen atoms in total. The molecule has 2 aromatic heterocycles. The standard InChI is InChI=1S/C20H20N4O3/c21-15-11-17(18-9-4-10-27-18)23-24(20(15)26)12-19(25)22-16-8-3-6-13-5-1-2-7-14(13)16/h1-2,4-5,7,9-11,16H,3,6,8,12,21H2,(H,22,25). The van der Waals surface area contributed by atoms with E-state index < -0.39 is 5.56 Å². The average molecular weight is 364 g/mol. The molecule has 0 radical (unpaired) electrons. The molecule has 1 aromatic carbocycles. The summed E-state index contributed by atoms with van der Waals surface area (Å²) in [6, 6.07) is 13.0. The first kappa shape index (κ1) is 17.1. The fourth-order valence-corrected chi connectivity index (χ4v) is 3.49. The Kier molecular flexibility index (Phi) is 4.50. The summed E-state index contributed by atoms with van der Waals surface area (Å²) < 4.78 is 6.38. The largest absolute Gasteiger partial charge is 0.463 e. The summed E-state index contributed by atoms with van der Waals surface area (Å²) in [5, 5.41) is 7.24. The van der Waals surface area contributed by atoms with Gasteiger partial charge in [0.25, 0.3) is 5.56 Å². The molecule has 0 bridgehead atoms. The van der Waals surface area contributed by atoms with Gasteiger partial charge in [0.05, 0.1) is 12.3 Å². The lowest BCUT2D eigenvalue weighted by Crippen LogP contribution is -2.37. The number of carbonyl (C=O) groups is 1. The maximum absolute atomic E-state index is 12.6. The number of aryl methyl sites for hydroxylation is 1. The molecular weight excluding hydrogens is 344 g/mol. The number of nitrogen functional groups attached to an aromatic ring is 1. The van der Waals surface area contributed by atoms with E-state index in [9.17, 15) is 9.59 Å². The van der Waals surface area contributed by atoms with Gasteiger partial charge in [-0.25, -0.2) is 4.68 Å². The molecule has 0 saturated carbocycles. The second-order valence-electron chi connectivity index (χ2n) is 6.64. The van der Waals surface area contributed by atoms with Crippen molar-refractivity contribution in [3.05, 3.63) is 70.2 Å². The highest BCUT2D eigenvalue weighted by atomic mass is 16.3. The number of hydrogen-bond donors (Lipinski definition) is 2. The molecule has 0 aliphatic heterocycles. The van der Waals surface area contributed by atoms with E-state index in [0.717, 1.165) is 29.5 Å². The minimum Gasteiger partial charge on any atom is -0.463 e. The summed E-state index contributed by atoms with van der Waals surface area (Å²) in [7, 11) is 0. The fourth-order valence-electron chi connectivity index (χ4n) is 3.49. The molecule has 0 spiro atoms. The summed E-state index contributed by atoms with van der Waals surface area (Å²) in [5.74, 6) is 0.208. The van der Waals surface area contributed by atoms with Gasteiger partial charge in [0.15, 0.2) is 5.76 Å². The Hall–Kier alpha value is -3.35. The summed E-state index contributed by atoms with van der Waals surface area (Å²) >= 11 is 0. The van der Waals surface area contributed by atoms with Crippen LogP contribution >= 0.6 is 0 Å². The Labute approximate surface area is 155 Å². The van der Waals surface area contributed by atoms with Crippen molar-refractivity contribution in [1.82, 2.24) is 15.1 Å². The lowest BCUT2D eigenvalue weighted by Gasteiger charge is -2.26. The van der Waals surface area contributed by atoms with Crippen LogP contribution in [0.15, 0.2) is 57.9 Å². The summed E-state index contributed by atoms with van der Waals surface area (Å²) in [6.45, 7) is -0.198. The fraction of sp³-hybridized carbons (Fsp3) is 0.250. The highest BCUT2D eigenvalue weighted by Crippen LogP contribution is 2.29. The van der Waals surface area contributed by atoms with E-state index in [-0.39, 0.29) is 24.2 Å². The first-order chi connectivity index (χ1) is 13.1. The van der Waals surface area contributed by atoms with Gasteiger partial charge in [-0.05, 0) is 48.6 Å². The predicted octanol–water partition coefficient (Wildman–Crippen LogP) is 2.28. The van der Waals surface area contributed by atoms with Gasteiger partial charge >= 0.3 is 0 Å². The van der Waals surface area contributed by atoms with Gasteiger partial charge in [-0.1, -0.05) is 24.3 Å². The van der Waals surface area contributed by atoms with Crippen LogP contribution in [0, 0.1) is 0 Å². The van der Waals surface area contributed by atoms with Crippen LogP contribution in [0.25, 0.3) is 11.5 Å². The number of nitrogens with one attached hydrogen (secondary N) is 1. The number of nitrogens with zero attached hydrogens (tertiary/aromatic N) is 2. The molecule has 7 heteroatoms. The Morgan fingerprint density at radius 1 is 1.30 bits per heavy atom. The Bertz CT molecular complexity index is 1020. The van der Waals surface area contributed by atoms with E-state index in [1.807, 2.05) is 18.2 Å². The molecule has 0 saturated heterocycles. The Balaban J connectivity index is 1.55. The van der Waals surface area contributed by atoms with E-state index in [4.69, 9.17) is 10.2 Å². The van der Waals surface area contributed by atoms with Gasteiger partial charge in [-0.2, -0.15) is 5.10 Å². The van der Waals surface area contributed by atoms with E-state index in [2.05, 4.69) is 16.5 Å². The molecule has 4 rings (SSSR count). The molecule has 1 atom stereocenters. The van der Waals surface area contributed by atoms with Crippen molar-refractivity contribution in [3.8, 4) is 11.5 Å². The van der Waals surface area contributed by atoms with Gasteiger partial charge in [0.2, 0.25) is 5.91 Å². The molecular formula is C20H20N4O3. The third kappa shape index (κ3) is 3.48. The second kappa shape index (κ2) is 7.11. The molecule has 1 aliphatic carbocycles. The van der Waals surface area contributed by atoms with E-state index in [0.29, 0.717) is 11.5 Å². The number of nitrogens with two attached hydrogens (primary N) is 1. The number of furan rings is 1. The minimum atomic E-state index is -0.496. The number of rotatable bonds is 4. The van der Waals surface area contributed by atoms with Crippen LogP contribution in [0.5, 0.6) is 0 Å². The van der Waals surface area contributed by atoms with E-state index in [1.165, 1.54) is 17.9 Å². The van der Waals surface area contributed by atoms with Crippen LogP contribution in [-0.4, -0.2) is 15.7 Å². The zero-order valence-electron chi connectivity index (χ0n) is 14.7. The van der Waals surface area contributed by atoms with Crippen LogP contribution in [0.1, 0.15) is 30.0 Å². The zero-order chi connectivity index (χ0) is 18.8. The van der Waals surface area contributed by atoms with Crippen molar-refractivity contribution in [1.29, 1.82) is 0 Å². The van der Waals surface area contributed by atoms with Gasteiger partial charge < -0.3 is 15.5 Å². The molecule has 1 aliphatic rings. The molecule has 1 amide bonds. The van der Waals surface area contributed by atoms with Crippen LogP contribution < -0.4 is 16.6 Å². The van der Waals surface area contributed by atoms with Gasteiger partial charge in [0, 0.05) is 0 Å². The number of fused-ring (bicyclic) bond motifs is 1. The molecule has 3 N–H and O–H groups in total. The van der Waals surface area contributed by atoms with E-state index >= 15 is 0 Å². The Morgan fingerprint density at radius 3 is 2.96 bits per heavy atom. The van der Waals surface area contributed by atoms with Crippen LogP contribution in [-0.2, 0) is 17.8 Å². The van der Waals surface area contributed by atoms with Crippen LogP contribution in [0.3, 0.4) is 0 Å². The van der Waals surface area contributed by atoms with Gasteiger partial charge in [0.1, 0.15) is 17.9 Å². The molecule has 1 unspecified atom stereocenters. The molecule has 138 valence electrons. The van der Waals surface area contributed by atoms with Gasteiger partial charge in [-0.15, -0.1) is 0 Å². The van der Waals surface area contributed by atoms with Crippen LogP contribution in [0.2, 0.25) is 0 Å². The van der Waals surface area contributed by atoms with Crippen molar-refractivity contribution >= 4 is 11.6 Å². The summed E-state index contributed by atoms with van der Waals surface area (Å²) in [6.07, 6.45) is 4.42. The number of hydrogen-bond acceptors (Lipinski definition) is 5. The van der Waals surface area contributed by atoms with E-state index in [1.54, 1.807) is 12.1 Å². The molecule has 3 aromatic rings. The highest BCUT2D eigenvalue weighted by molar-refractivity contribution is 5.76. The average Bonchev–Trinajstić information content (AvgIpc) is 3.20. The number of benzene rings is 1. The zero-order valence-corrected chi connectivity index (χ0v) is 14.7. The first-order valence-electron chi connectivity index (χ1n) is 8.90. The topological polar surface area (TPSA) is 103 Å². The smallest absolute Gasteiger partial charge is 0.290 e. The number of anilines is 1. The molecule has 27 heavy (non-hydrogen) atoms. The monoisotopic (exact) mass is 364 g/mol. The second-order valence-corrected chi connectivity index (χ2v) is 6.64. The maximum Gasteiger partial charge on any atom is 0.290 e. The lowest BCUT2D eigenvalue weighted by molar-refractivity contribution is -0.122. The van der Waals surface area contributed by atoms with Crippen molar-refractivity contribution in [2.24, 2.45) is 0 Å². The first-order valence-corrected chi connectivity index (χ1v) is 8.90. The van der Waals surface area contributed by atoms with Crippen molar-refractivity contribution in [3.63, 3.8) is 0 Å². The normalized spacial score (nSPS) is 15.9. The number of amides is 1. The summed E-state index contributed by atoms with van der Waals surface area (Å²) in [4.78, 5) is 24.9. The third-order valence-corrected chi connectivity index (χ3v) is 4.77. The predicted molar refractivity (Wildman–Crippen MR) is 101 cm³/mol. The minimum absolute atomic E-state index is 0.0206. The summed E-state index contributed by atoms with van der Waals surface area (Å²) in [5.41, 5.74) is 8.14. The lowest BCUT2D eigenvalue weighted by atomic mass is 9.88. The Morgan fingerprint density at radius 2 is 2.15 bits per heavy atom. The molecule has 2 heterocycles. The highest BCUT2D eigenvalue weighted by Gasteiger charge is 2.22. The van der Waals surface area contributed by atoms with Crippen molar-refractivity contribution < 1.29 is 9.21 Å². The number of carbonyl (C=O) groups excluding carboxylic acids is 1. The van der Waals surface area contributed by atoms with Crippen LogP contribution in [0.4, 0.5) is 5.69 Å². The van der Waals surface area contributed by atoms with Gasteiger partial charge in [-0.3, -0.25) is 9.59 Å². The SMILES string of the molecule is Nc1cc(-c2ccco2)nn(CC(=O)NC2CCCc3ccccc32)c1=O. The quantitative estimate of drug-likeness (QED) is 0.739.